The SMILES string of the molecule is CSCCC(NC(=O)c1ccc(F)c(S(=O)(=O)N2CCCCC2)c1)c1nnc2ccccn12. The number of sulfonamides is 1. The van der Waals surface area contributed by atoms with Gasteiger partial charge in [-0.2, -0.15) is 16.1 Å². The van der Waals surface area contributed by atoms with E-state index >= 15 is 0 Å². The first-order valence-electron chi connectivity index (χ1n) is 10.8. The molecule has 0 spiro atoms. The van der Waals surface area contributed by atoms with E-state index in [9.17, 15) is 17.6 Å². The predicted molar refractivity (Wildman–Crippen MR) is 125 cm³/mol. The third-order valence-corrected chi connectivity index (χ3v) is 8.25. The molecule has 1 atom stereocenters. The van der Waals surface area contributed by atoms with Crippen molar-refractivity contribution in [1.29, 1.82) is 0 Å². The van der Waals surface area contributed by atoms with Gasteiger partial charge >= 0.3 is 0 Å². The number of hydrogen-bond donors (Lipinski definition) is 1. The Balaban J connectivity index is 1.62. The summed E-state index contributed by atoms with van der Waals surface area (Å²) in [5, 5.41) is 11.3. The lowest BCUT2D eigenvalue weighted by molar-refractivity contribution is 0.0933. The maximum Gasteiger partial charge on any atom is 0.251 e. The number of carbonyl (C=O) groups excluding carboxylic acids is 1. The minimum absolute atomic E-state index is 0.0787. The zero-order valence-corrected chi connectivity index (χ0v) is 19.9. The highest BCUT2D eigenvalue weighted by molar-refractivity contribution is 7.98. The second-order valence-electron chi connectivity index (χ2n) is 7.90. The molecule has 11 heteroatoms. The lowest BCUT2D eigenvalue weighted by Crippen LogP contribution is -2.36. The average molecular weight is 492 g/mol. The van der Waals surface area contributed by atoms with Crippen molar-refractivity contribution in [3.63, 3.8) is 0 Å². The fourth-order valence-corrected chi connectivity index (χ4v) is 6.01. The second kappa shape index (κ2) is 10.2. The number of piperidine rings is 1. The molecule has 3 aromatic rings. The number of aromatic nitrogens is 3. The molecule has 1 aliphatic rings. The van der Waals surface area contributed by atoms with Crippen molar-refractivity contribution in [2.75, 3.05) is 25.1 Å². The number of halogens is 1. The summed E-state index contributed by atoms with van der Waals surface area (Å²) in [5.41, 5.74) is 0.738. The minimum atomic E-state index is -4.01. The van der Waals surface area contributed by atoms with Gasteiger partial charge in [-0.1, -0.05) is 12.5 Å². The zero-order valence-electron chi connectivity index (χ0n) is 18.3. The molecule has 0 saturated carbocycles. The fourth-order valence-electron chi connectivity index (χ4n) is 3.93. The van der Waals surface area contributed by atoms with Crippen LogP contribution in [0.15, 0.2) is 47.5 Å². The monoisotopic (exact) mass is 491 g/mol. The van der Waals surface area contributed by atoms with E-state index in [0.717, 1.165) is 37.1 Å². The van der Waals surface area contributed by atoms with E-state index in [-0.39, 0.29) is 5.56 Å². The molecule has 1 N–H and O–H groups in total. The molecule has 1 amide bonds. The quantitative estimate of drug-likeness (QED) is 0.520. The van der Waals surface area contributed by atoms with Gasteiger partial charge in [-0.15, -0.1) is 10.2 Å². The smallest absolute Gasteiger partial charge is 0.251 e. The number of fused-ring (bicyclic) bond motifs is 1. The molecular weight excluding hydrogens is 465 g/mol. The van der Waals surface area contributed by atoms with Crippen molar-refractivity contribution in [1.82, 2.24) is 24.2 Å². The maximum absolute atomic E-state index is 14.5. The largest absolute Gasteiger partial charge is 0.342 e. The Labute approximate surface area is 196 Å². The average Bonchev–Trinajstić information content (AvgIpc) is 3.26. The van der Waals surface area contributed by atoms with E-state index in [1.54, 1.807) is 11.8 Å². The third kappa shape index (κ3) is 5.04. The fraction of sp³-hybridized carbons (Fsp3) is 0.409. The van der Waals surface area contributed by atoms with E-state index in [1.807, 2.05) is 35.1 Å². The van der Waals surface area contributed by atoms with Gasteiger partial charge in [0, 0.05) is 24.8 Å². The summed E-state index contributed by atoms with van der Waals surface area (Å²) in [6.07, 6.45) is 6.83. The van der Waals surface area contributed by atoms with Gasteiger partial charge in [0.15, 0.2) is 11.5 Å². The van der Waals surface area contributed by atoms with Crippen molar-refractivity contribution in [2.45, 2.75) is 36.6 Å². The summed E-state index contributed by atoms with van der Waals surface area (Å²) >= 11 is 1.64. The molecule has 33 heavy (non-hydrogen) atoms. The van der Waals surface area contributed by atoms with Crippen molar-refractivity contribution in [2.24, 2.45) is 0 Å². The van der Waals surface area contributed by atoms with Crippen molar-refractivity contribution in [3.8, 4) is 0 Å². The van der Waals surface area contributed by atoms with Crippen LogP contribution < -0.4 is 5.32 Å². The first-order valence-corrected chi connectivity index (χ1v) is 13.6. The van der Waals surface area contributed by atoms with Crippen molar-refractivity contribution in [3.05, 3.63) is 59.8 Å². The number of thioether (sulfide) groups is 1. The van der Waals surface area contributed by atoms with Gasteiger partial charge in [-0.25, -0.2) is 12.8 Å². The van der Waals surface area contributed by atoms with Crippen LogP contribution in [-0.2, 0) is 10.0 Å². The summed E-state index contributed by atoms with van der Waals surface area (Å²) in [7, 11) is -4.01. The Hall–Kier alpha value is -2.50. The first-order chi connectivity index (χ1) is 15.9. The highest BCUT2D eigenvalue weighted by Crippen LogP contribution is 2.25. The lowest BCUT2D eigenvalue weighted by Gasteiger charge is -2.26. The van der Waals surface area contributed by atoms with Crippen LogP contribution in [0, 0.1) is 5.82 Å². The number of carbonyl (C=O) groups is 1. The molecule has 176 valence electrons. The van der Waals surface area contributed by atoms with Crippen LogP contribution in [0.4, 0.5) is 4.39 Å². The topological polar surface area (TPSA) is 96.7 Å². The molecule has 0 bridgehead atoms. The highest BCUT2D eigenvalue weighted by atomic mass is 32.2. The summed E-state index contributed by atoms with van der Waals surface area (Å²) in [5.74, 6) is -0.00954. The van der Waals surface area contributed by atoms with E-state index in [0.29, 0.717) is 31.0 Å². The summed E-state index contributed by atoms with van der Waals surface area (Å²) < 4.78 is 43.7. The first kappa shape index (κ1) is 23.7. The Morgan fingerprint density at radius 2 is 1.97 bits per heavy atom. The molecule has 8 nitrogen and oxygen atoms in total. The Kier molecular flexibility index (Phi) is 7.30. The molecule has 2 aromatic heterocycles. The molecule has 1 saturated heterocycles. The van der Waals surface area contributed by atoms with Crippen LogP contribution in [0.25, 0.3) is 5.65 Å². The molecule has 0 aliphatic carbocycles. The molecule has 0 radical (unpaired) electrons. The van der Waals surface area contributed by atoms with Crippen molar-refractivity contribution >= 4 is 33.3 Å². The van der Waals surface area contributed by atoms with Gasteiger partial charge in [0.1, 0.15) is 10.7 Å². The molecule has 1 aromatic carbocycles. The predicted octanol–water partition coefficient (Wildman–Crippen LogP) is 3.27. The van der Waals surface area contributed by atoms with Crippen LogP contribution in [0.5, 0.6) is 0 Å². The van der Waals surface area contributed by atoms with Crippen LogP contribution in [0.3, 0.4) is 0 Å². The molecule has 1 aliphatic heterocycles. The van der Waals surface area contributed by atoms with Crippen molar-refractivity contribution < 1.29 is 17.6 Å². The Morgan fingerprint density at radius 1 is 1.18 bits per heavy atom. The van der Waals surface area contributed by atoms with Crippen LogP contribution in [-0.4, -0.2) is 58.3 Å². The molecule has 1 fully saturated rings. The normalized spacial score (nSPS) is 16.1. The standard InChI is InChI=1S/C22H26FN5O3S2/c1-32-14-10-18(21-26-25-20-7-3-6-13-28(20)21)24-22(29)16-8-9-17(23)19(15-16)33(30,31)27-11-4-2-5-12-27/h3,6-9,13,15,18H,2,4-5,10-12,14H2,1H3,(H,24,29). The third-order valence-electron chi connectivity index (χ3n) is 5.69. The van der Waals surface area contributed by atoms with E-state index in [1.165, 1.54) is 10.4 Å². The molecule has 3 heterocycles. The number of benzene rings is 1. The number of amides is 1. The number of rotatable bonds is 8. The van der Waals surface area contributed by atoms with Gasteiger partial charge < -0.3 is 5.32 Å². The summed E-state index contributed by atoms with van der Waals surface area (Å²) in [6.45, 7) is 0.712. The van der Waals surface area contributed by atoms with E-state index in [2.05, 4.69) is 15.5 Å². The minimum Gasteiger partial charge on any atom is -0.342 e. The molecule has 1 unspecified atom stereocenters. The summed E-state index contributed by atoms with van der Waals surface area (Å²) in [4.78, 5) is 12.6. The van der Waals surface area contributed by atoms with E-state index in [4.69, 9.17) is 0 Å². The molecule has 4 rings (SSSR count). The second-order valence-corrected chi connectivity index (χ2v) is 10.8. The Morgan fingerprint density at radius 3 is 2.73 bits per heavy atom. The van der Waals surface area contributed by atoms with Gasteiger partial charge in [0.2, 0.25) is 10.0 Å². The summed E-state index contributed by atoms with van der Waals surface area (Å²) in [6, 6.07) is 8.54. The van der Waals surface area contributed by atoms with Gasteiger partial charge in [-0.3, -0.25) is 9.20 Å². The lowest BCUT2D eigenvalue weighted by atomic mass is 10.1. The zero-order chi connectivity index (χ0) is 23.4. The van der Waals surface area contributed by atoms with Gasteiger partial charge in [0.05, 0.1) is 6.04 Å². The number of nitrogens with zero attached hydrogens (tertiary/aromatic N) is 4. The van der Waals surface area contributed by atoms with Crippen LogP contribution in [0.2, 0.25) is 0 Å². The Bertz CT molecular complexity index is 1240. The highest BCUT2D eigenvalue weighted by Gasteiger charge is 2.30. The number of nitrogens with one attached hydrogen (secondary N) is 1. The molecular formula is C22H26FN5O3S2. The number of pyridine rings is 1. The van der Waals surface area contributed by atoms with E-state index < -0.39 is 32.7 Å². The van der Waals surface area contributed by atoms with Crippen LogP contribution >= 0.6 is 11.8 Å². The van der Waals surface area contributed by atoms with Gasteiger partial charge in [-0.05, 0) is 61.6 Å². The maximum atomic E-state index is 14.5. The van der Waals surface area contributed by atoms with Gasteiger partial charge in [0.25, 0.3) is 5.91 Å². The number of hydrogen-bond acceptors (Lipinski definition) is 6. The van der Waals surface area contributed by atoms with Crippen LogP contribution in [0.1, 0.15) is 47.9 Å².